The molecule has 0 aliphatic rings. The van der Waals surface area contributed by atoms with E-state index in [0.29, 0.717) is 16.8 Å². The van der Waals surface area contributed by atoms with Crippen molar-refractivity contribution in [3.63, 3.8) is 0 Å². The third-order valence-corrected chi connectivity index (χ3v) is 3.94. The van der Waals surface area contributed by atoms with E-state index in [9.17, 15) is 0 Å². The van der Waals surface area contributed by atoms with E-state index in [1.165, 1.54) is 12.8 Å². The van der Waals surface area contributed by atoms with Crippen LogP contribution in [0, 0.1) is 11.8 Å². The predicted octanol–water partition coefficient (Wildman–Crippen LogP) is 3.86. The highest BCUT2D eigenvalue weighted by atomic mass is 79.9. The zero-order valence-corrected chi connectivity index (χ0v) is 11.1. The number of hydrogen-bond donors (Lipinski definition) is 0. The van der Waals surface area contributed by atoms with Gasteiger partial charge in [-0.3, -0.25) is 0 Å². The molecule has 0 aromatic rings. The summed E-state index contributed by atoms with van der Waals surface area (Å²) >= 11 is 3.61. The van der Waals surface area contributed by atoms with Gasteiger partial charge in [0, 0.05) is 11.9 Å². The minimum absolute atomic E-state index is 0.387. The molecule has 0 fully saturated rings. The van der Waals surface area contributed by atoms with Crippen LogP contribution in [0.1, 0.15) is 40.5 Å². The summed E-state index contributed by atoms with van der Waals surface area (Å²) in [5.41, 5.74) is 0. The van der Waals surface area contributed by atoms with Crippen LogP contribution in [0.5, 0.6) is 0 Å². The molecular formula is C11H23BrO. The van der Waals surface area contributed by atoms with Crippen LogP contribution in [0.3, 0.4) is 0 Å². The molecule has 4 atom stereocenters. The van der Waals surface area contributed by atoms with Crippen LogP contribution in [-0.2, 0) is 4.74 Å². The molecule has 0 aromatic heterocycles. The number of ether oxygens (including phenoxy) is 1. The molecule has 0 heterocycles. The molecule has 0 aromatic carbocycles. The van der Waals surface area contributed by atoms with Crippen molar-refractivity contribution >= 4 is 15.9 Å². The van der Waals surface area contributed by atoms with Crippen molar-refractivity contribution < 1.29 is 4.74 Å². The van der Waals surface area contributed by atoms with Crippen molar-refractivity contribution in [1.82, 2.24) is 0 Å². The Morgan fingerprint density at radius 3 is 1.85 bits per heavy atom. The lowest BCUT2D eigenvalue weighted by Crippen LogP contribution is -2.18. The second-order valence-corrected chi connectivity index (χ2v) is 5.59. The van der Waals surface area contributed by atoms with Crippen molar-refractivity contribution in [2.24, 2.45) is 11.8 Å². The van der Waals surface area contributed by atoms with Crippen LogP contribution in [0.25, 0.3) is 0 Å². The quantitative estimate of drug-likeness (QED) is 0.651. The number of alkyl halides is 1. The molecule has 0 saturated carbocycles. The minimum atomic E-state index is 0.387. The van der Waals surface area contributed by atoms with Crippen molar-refractivity contribution in [2.45, 2.75) is 51.5 Å². The molecule has 0 bridgehead atoms. The van der Waals surface area contributed by atoms with Crippen LogP contribution in [0.15, 0.2) is 0 Å². The maximum absolute atomic E-state index is 5.29. The van der Waals surface area contributed by atoms with Gasteiger partial charge in [-0.1, -0.05) is 36.7 Å². The van der Waals surface area contributed by atoms with E-state index in [2.05, 4.69) is 43.6 Å². The molecule has 0 radical (unpaired) electrons. The van der Waals surface area contributed by atoms with E-state index in [0.717, 1.165) is 5.92 Å². The highest BCUT2D eigenvalue weighted by Crippen LogP contribution is 2.22. The van der Waals surface area contributed by atoms with Crippen molar-refractivity contribution in [2.75, 3.05) is 7.11 Å². The standard InChI is InChI=1S/C11H23BrO/c1-8(10(3)12)6-7-9(2)11(4)13-5/h8-11H,6-7H2,1-5H3/t8?,9-,10+,11-/m1/s1. The maximum atomic E-state index is 5.29. The van der Waals surface area contributed by atoms with Crippen molar-refractivity contribution in [3.05, 3.63) is 0 Å². The first-order valence-corrected chi connectivity index (χ1v) is 6.07. The zero-order chi connectivity index (χ0) is 10.4. The van der Waals surface area contributed by atoms with E-state index in [-0.39, 0.29) is 0 Å². The van der Waals surface area contributed by atoms with E-state index >= 15 is 0 Å². The van der Waals surface area contributed by atoms with Crippen molar-refractivity contribution in [3.8, 4) is 0 Å². The molecule has 0 saturated heterocycles. The summed E-state index contributed by atoms with van der Waals surface area (Å²) in [6, 6.07) is 0. The van der Waals surface area contributed by atoms with Gasteiger partial charge in [-0.25, -0.2) is 0 Å². The molecule has 1 unspecified atom stereocenters. The smallest absolute Gasteiger partial charge is 0.0568 e. The van der Waals surface area contributed by atoms with Crippen LogP contribution < -0.4 is 0 Å². The Balaban J connectivity index is 3.63. The minimum Gasteiger partial charge on any atom is -0.381 e. The Bertz CT molecular complexity index is 125. The summed E-state index contributed by atoms with van der Waals surface area (Å²) in [4.78, 5) is 0.623. The molecular weight excluding hydrogens is 228 g/mol. The van der Waals surface area contributed by atoms with E-state index in [1.807, 2.05) is 0 Å². The Labute approximate surface area is 91.4 Å². The molecule has 0 rings (SSSR count). The molecule has 0 spiro atoms. The summed E-state index contributed by atoms with van der Waals surface area (Å²) in [5, 5.41) is 0. The third-order valence-electron chi connectivity index (χ3n) is 3.03. The first-order chi connectivity index (χ1) is 5.99. The monoisotopic (exact) mass is 250 g/mol. The van der Waals surface area contributed by atoms with Gasteiger partial charge in [0.1, 0.15) is 0 Å². The molecule has 80 valence electrons. The van der Waals surface area contributed by atoms with Gasteiger partial charge in [0.05, 0.1) is 6.10 Å². The van der Waals surface area contributed by atoms with E-state index in [1.54, 1.807) is 7.11 Å². The molecule has 0 amide bonds. The summed E-state index contributed by atoms with van der Waals surface area (Å²) in [6.07, 6.45) is 2.92. The molecule has 0 N–H and O–H groups in total. The van der Waals surface area contributed by atoms with Gasteiger partial charge < -0.3 is 4.74 Å². The normalized spacial score (nSPS) is 20.8. The second-order valence-electron chi connectivity index (χ2n) is 4.15. The van der Waals surface area contributed by atoms with Gasteiger partial charge in [0.25, 0.3) is 0 Å². The third kappa shape index (κ3) is 5.69. The van der Waals surface area contributed by atoms with Gasteiger partial charge in [0.15, 0.2) is 0 Å². The SMILES string of the molecule is CO[C@H](C)[C@H](C)CCC(C)[C@H](C)Br. The lowest BCUT2D eigenvalue weighted by Gasteiger charge is -2.21. The van der Waals surface area contributed by atoms with Crippen LogP contribution in [0.2, 0.25) is 0 Å². The van der Waals surface area contributed by atoms with Gasteiger partial charge in [0.2, 0.25) is 0 Å². The van der Waals surface area contributed by atoms with Crippen molar-refractivity contribution in [1.29, 1.82) is 0 Å². The molecule has 0 aliphatic heterocycles. The maximum Gasteiger partial charge on any atom is 0.0568 e. The highest BCUT2D eigenvalue weighted by Gasteiger charge is 2.14. The Morgan fingerprint density at radius 1 is 1.00 bits per heavy atom. The van der Waals surface area contributed by atoms with E-state index < -0.39 is 0 Å². The van der Waals surface area contributed by atoms with Gasteiger partial charge in [-0.15, -0.1) is 0 Å². The average Bonchev–Trinajstić information content (AvgIpc) is 2.11. The summed E-state index contributed by atoms with van der Waals surface area (Å²) in [7, 11) is 1.79. The Morgan fingerprint density at radius 2 is 1.46 bits per heavy atom. The summed E-state index contributed by atoms with van der Waals surface area (Å²) in [5.74, 6) is 1.42. The number of halogens is 1. The topological polar surface area (TPSA) is 9.23 Å². The van der Waals surface area contributed by atoms with Crippen LogP contribution >= 0.6 is 15.9 Å². The first kappa shape index (κ1) is 13.4. The largest absolute Gasteiger partial charge is 0.381 e. The second kappa shape index (κ2) is 6.83. The lowest BCUT2D eigenvalue weighted by molar-refractivity contribution is 0.0680. The van der Waals surface area contributed by atoms with Gasteiger partial charge in [-0.05, 0) is 31.6 Å². The molecule has 1 nitrogen and oxygen atoms in total. The Hall–Kier alpha value is 0.440. The average molecular weight is 251 g/mol. The fourth-order valence-electron chi connectivity index (χ4n) is 1.22. The lowest BCUT2D eigenvalue weighted by atomic mass is 9.93. The Kier molecular flexibility index (Phi) is 7.06. The molecule has 0 aliphatic carbocycles. The van der Waals surface area contributed by atoms with Gasteiger partial charge in [-0.2, -0.15) is 0 Å². The summed E-state index contributed by atoms with van der Waals surface area (Å²) < 4.78 is 5.29. The summed E-state index contributed by atoms with van der Waals surface area (Å²) in [6.45, 7) is 8.92. The van der Waals surface area contributed by atoms with E-state index in [4.69, 9.17) is 4.74 Å². The van der Waals surface area contributed by atoms with Crippen LogP contribution in [0.4, 0.5) is 0 Å². The number of hydrogen-bond acceptors (Lipinski definition) is 1. The predicted molar refractivity (Wildman–Crippen MR) is 62.4 cm³/mol. The number of methoxy groups -OCH3 is 1. The highest BCUT2D eigenvalue weighted by molar-refractivity contribution is 9.09. The molecule has 13 heavy (non-hydrogen) atoms. The number of rotatable bonds is 6. The fourth-order valence-corrected chi connectivity index (χ4v) is 1.49. The fraction of sp³-hybridized carbons (Fsp3) is 1.00. The zero-order valence-electron chi connectivity index (χ0n) is 9.51. The molecule has 2 heteroatoms. The van der Waals surface area contributed by atoms with Crippen LogP contribution in [-0.4, -0.2) is 18.0 Å². The first-order valence-electron chi connectivity index (χ1n) is 5.15. The van der Waals surface area contributed by atoms with Gasteiger partial charge >= 0.3 is 0 Å².